The summed E-state index contributed by atoms with van der Waals surface area (Å²) in [6, 6.07) is 10.2. The van der Waals surface area contributed by atoms with E-state index in [1.165, 1.54) is 4.90 Å². The van der Waals surface area contributed by atoms with Crippen LogP contribution in [0.3, 0.4) is 0 Å². The van der Waals surface area contributed by atoms with Crippen LogP contribution in [0.2, 0.25) is 0 Å². The van der Waals surface area contributed by atoms with E-state index in [1.54, 1.807) is 14.1 Å². The number of guanidine groups is 1. The molecule has 0 aromatic heterocycles. The number of amides is 2. The fraction of sp³-hybridized carbons (Fsp3) is 0.571. The van der Waals surface area contributed by atoms with E-state index in [-0.39, 0.29) is 54.4 Å². The minimum atomic E-state index is -0.309. The second-order valence-corrected chi connectivity index (χ2v) is 8.14. The molecule has 0 heterocycles. The summed E-state index contributed by atoms with van der Waals surface area (Å²) in [7, 11) is 5.45. The zero-order valence-corrected chi connectivity index (χ0v) is 21.3. The average molecular weight is 532 g/mol. The molecule has 0 aliphatic rings. The van der Waals surface area contributed by atoms with E-state index in [2.05, 4.69) is 45.0 Å². The highest BCUT2D eigenvalue weighted by Crippen LogP contribution is 2.10. The molecule has 30 heavy (non-hydrogen) atoms. The van der Waals surface area contributed by atoms with Crippen LogP contribution >= 0.6 is 24.0 Å². The monoisotopic (exact) mass is 532 g/mol. The van der Waals surface area contributed by atoms with Gasteiger partial charge in [-0.2, -0.15) is 0 Å². The molecular formula is C21H37IN6O2. The first kappa shape index (κ1) is 28.0. The number of hydrogen-bond acceptors (Lipinski definition) is 4. The van der Waals surface area contributed by atoms with Crippen molar-refractivity contribution in [3.8, 4) is 0 Å². The number of para-hydroxylation sites is 1. The van der Waals surface area contributed by atoms with Gasteiger partial charge in [-0.1, -0.05) is 18.2 Å². The first-order valence-corrected chi connectivity index (χ1v) is 9.88. The molecule has 9 heteroatoms. The van der Waals surface area contributed by atoms with Gasteiger partial charge in [-0.15, -0.1) is 24.0 Å². The third kappa shape index (κ3) is 12.5. The third-order valence-electron chi connectivity index (χ3n) is 3.96. The van der Waals surface area contributed by atoms with E-state index in [0.29, 0.717) is 12.5 Å². The van der Waals surface area contributed by atoms with Crippen molar-refractivity contribution in [3.05, 3.63) is 30.3 Å². The molecule has 0 aliphatic carbocycles. The number of hydrogen-bond donors (Lipinski definition) is 3. The lowest BCUT2D eigenvalue weighted by atomic mass is 10.1. The quantitative estimate of drug-likeness (QED) is 0.195. The maximum absolute atomic E-state index is 12.0. The Bertz CT molecular complexity index is 674. The van der Waals surface area contributed by atoms with Gasteiger partial charge in [-0.3, -0.25) is 9.59 Å². The second-order valence-electron chi connectivity index (χ2n) is 8.14. The summed E-state index contributed by atoms with van der Waals surface area (Å²) in [6.07, 6.45) is 0.877. The first-order valence-electron chi connectivity index (χ1n) is 9.88. The Kier molecular flexibility index (Phi) is 13.1. The maximum atomic E-state index is 12.0. The Hall–Kier alpha value is -2.04. The fourth-order valence-corrected chi connectivity index (χ4v) is 2.43. The van der Waals surface area contributed by atoms with Crippen molar-refractivity contribution < 1.29 is 9.59 Å². The highest BCUT2D eigenvalue weighted by Gasteiger charge is 2.13. The van der Waals surface area contributed by atoms with Gasteiger partial charge < -0.3 is 25.8 Å². The van der Waals surface area contributed by atoms with E-state index < -0.39 is 0 Å². The summed E-state index contributed by atoms with van der Waals surface area (Å²) in [5.74, 6) is 0.218. The highest BCUT2D eigenvalue weighted by molar-refractivity contribution is 14.0. The van der Waals surface area contributed by atoms with Crippen molar-refractivity contribution in [2.75, 3.05) is 52.2 Å². The molecule has 0 radical (unpaired) electrons. The molecular weight excluding hydrogens is 495 g/mol. The smallest absolute Gasteiger partial charge is 0.242 e. The molecule has 1 aromatic rings. The molecule has 1 rings (SSSR count). The lowest BCUT2D eigenvalue weighted by Gasteiger charge is -2.21. The van der Waals surface area contributed by atoms with Gasteiger partial charge in [-0.25, -0.2) is 4.99 Å². The van der Waals surface area contributed by atoms with Crippen molar-refractivity contribution in [2.45, 2.75) is 32.7 Å². The Morgan fingerprint density at radius 1 is 1.03 bits per heavy atom. The molecule has 0 saturated heterocycles. The number of nitrogens with zero attached hydrogens (tertiary/aromatic N) is 3. The number of anilines is 1. The van der Waals surface area contributed by atoms with Crippen molar-refractivity contribution in [2.24, 2.45) is 4.99 Å². The summed E-state index contributed by atoms with van der Waals surface area (Å²) in [5, 5.41) is 9.07. The number of aliphatic imine (C=N–C) groups is 1. The number of benzene rings is 1. The van der Waals surface area contributed by atoms with Crippen LogP contribution in [-0.4, -0.2) is 75.5 Å². The van der Waals surface area contributed by atoms with Gasteiger partial charge in [0.05, 0.1) is 6.54 Å². The summed E-state index contributed by atoms with van der Waals surface area (Å²) in [6.45, 7) is 7.41. The molecule has 0 aliphatic heterocycles. The molecule has 0 bridgehead atoms. The van der Waals surface area contributed by atoms with E-state index in [9.17, 15) is 9.59 Å². The van der Waals surface area contributed by atoms with Crippen LogP contribution in [0, 0.1) is 0 Å². The fourth-order valence-electron chi connectivity index (χ4n) is 2.43. The number of halogens is 1. The zero-order chi connectivity index (χ0) is 21.9. The Balaban J connectivity index is 0.00000841. The standard InChI is InChI=1S/C21H36N6O2.HI/c1-21(2,3)25-18(28)15-23-20(24-16-19(29)26(4)5)22-13-10-14-27(6)17-11-8-7-9-12-17;/h7-9,11-12H,10,13-16H2,1-6H3,(H,25,28)(H2,22,23,24);1H. The van der Waals surface area contributed by atoms with Crippen molar-refractivity contribution in [1.82, 2.24) is 20.9 Å². The van der Waals surface area contributed by atoms with Gasteiger partial charge in [0.15, 0.2) is 5.96 Å². The Morgan fingerprint density at radius 2 is 1.67 bits per heavy atom. The summed E-state index contributed by atoms with van der Waals surface area (Å²) in [4.78, 5) is 31.9. The van der Waals surface area contributed by atoms with Crippen LogP contribution in [0.1, 0.15) is 27.2 Å². The number of likely N-dealkylation sites (N-methyl/N-ethyl adjacent to an activating group) is 1. The van der Waals surface area contributed by atoms with Crippen LogP contribution in [0.25, 0.3) is 0 Å². The summed E-state index contributed by atoms with van der Waals surface area (Å²) in [5.41, 5.74) is 0.853. The number of carbonyl (C=O) groups is 2. The molecule has 2 amide bonds. The maximum Gasteiger partial charge on any atom is 0.242 e. The number of rotatable bonds is 9. The SMILES string of the molecule is CN(C)C(=O)CNC(=NCC(=O)NC(C)(C)C)NCCCN(C)c1ccccc1.I. The molecule has 0 saturated carbocycles. The van der Waals surface area contributed by atoms with Gasteiger partial charge in [0.25, 0.3) is 0 Å². The Labute approximate surface area is 197 Å². The van der Waals surface area contributed by atoms with Crippen LogP contribution in [-0.2, 0) is 9.59 Å². The lowest BCUT2D eigenvalue weighted by molar-refractivity contribution is -0.127. The topological polar surface area (TPSA) is 89.1 Å². The normalized spacial score (nSPS) is 11.2. The van der Waals surface area contributed by atoms with Crippen molar-refractivity contribution in [1.29, 1.82) is 0 Å². The molecule has 0 spiro atoms. The van der Waals surface area contributed by atoms with E-state index in [4.69, 9.17) is 0 Å². The van der Waals surface area contributed by atoms with Gasteiger partial charge in [0.1, 0.15) is 6.54 Å². The second kappa shape index (κ2) is 14.1. The van der Waals surface area contributed by atoms with Gasteiger partial charge in [-0.05, 0) is 39.3 Å². The van der Waals surface area contributed by atoms with E-state index >= 15 is 0 Å². The van der Waals surface area contributed by atoms with Gasteiger partial charge >= 0.3 is 0 Å². The molecule has 3 N–H and O–H groups in total. The molecule has 1 aromatic carbocycles. The minimum absolute atomic E-state index is 0. The summed E-state index contributed by atoms with van der Waals surface area (Å²) < 4.78 is 0. The van der Waals surface area contributed by atoms with E-state index in [0.717, 1.165) is 18.7 Å². The van der Waals surface area contributed by atoms with Crippen LogP contribution in [0.15, 0.2) is 35.3 Å². The number of carbonyl (C=O) groups excluding carboxylic acids is 2. The van der Waals surface area contributed by atoms with Crippen molar-refractivity contribution >= 4 is 47.4 Å². The van der Waals surface area contributed by atoms with E-state index in [1.807, 2.05) is 39.0 Å². The van der Waals surface area contributed by atoms with Crippen molar-refractivity contribution in [3.63, 3.8) is 0 Å². The lowest BCUT2D eigenvalue weighted by Crippen LogP contribution is -2.45. The highest BCUT2D eigenvalue weighted by atomic mass is 127. The zero-order valence-electron chi connectivity index (χ0n) is 19.0. The minimum Gasteiger partial charge on any atom is -0.375 e. The predicted octanol–water partition coefficient (Wildman–Crippen LogP) is 1.67. The summed E-state index contributed by atoms with van der Waals surface area (Å²) >= 11 is 0. The molecule has 0 atom stereocenters. The Morgan fingerprint density at radius 3 is 2.23 bits per heavy atom. The van der Waals surface area contributed by atoms with Gasteiger partial charge in [0.2, 0.25) is 11.8 Å². The van der Waals surface area contributed by atoms with Crippen LogP contribution < -0.4 is 20.9 Å². The average Bonchev–Trinajstić information content (AvgIpc) is 2.65. The van der Waals surface area contributed by atoms with Gasteiger partial charge in [0, 0.05) is 45.5 Å². The molecule has 0 fully saturated rings. The molecule has 0 unspecified atom stereocenters. The predicted molar refractivity (Wildman–Crippen MR) is 135 cm³/mol. The van der Waals surface area contributed by atoms with Crippen LogP contribution in [0.4, 0.5) is 5.69 Å². The van der Waals surface area contributed by atoms with Crippen LogP contribution in [0.5, 0.6) is 0 Å². The number of nitrogens with one attached hydrogen (secondary N) is 3. The largest absolute Gasteiger partial charge is 0.375 e. The molecule has 170 valence electrons. The molecule has 8 nitrogen and oxygen atoms in total. The first-order chi connectivity index (χ1) is 13.6. The third-order valence-corrected chi connectivity index (χ3v) is 3.96.